The molecule has 198 valence electrons. The number of benzene rings is 2. The molecule has 0 bridgehead atoms. The topological polar surface area (TPSA) is 108 Å². The predicted octanol–water partition coefficient (Wildman–Crippen LogP) is 3.91. The second-order valence-corrected chi connectivity index (χ2v) is 9.02. The summed E-state index contributed by atoms with van der Waals surface area (Å²) in [5.41, 5.74) is 8.09. The molecule has 5 rings (SSSR count). The number of hydrogen-bond donors (Lipinski definition) is 1. The number of fused-ring (bicyclic) bond motifs is 1. The van der Waals surface area contributed by atoms with E-state index in [4.69, 9.17) is 15.2 Å². The molecule has 1 amide bonds. The zero-order chi connectivity index (χ0) is 27.2. The summed E-state index contributed by atoms with van der Waals surface area (Å²) in [5.74, 6) is 6.22. The van der Waals surface area contributed by atoms with Crippen LogP contribution >= 0.6 is 0 Å². The Balaban J connectivity index is 1.31. The van der Waals surface area contributed by atoms with Crippen LogP contribution in [0.2, 0.25) is 0 Å². The van der Waals surface area contributed by atoms with E-state index in [-0.39, 0.29) is 24.4 Å². The van der Waals surface area contributed by atoms with Crippen LogP contribution in [-0.4, -0.2) is 50.3 Å². The lowest BCUT2D eigenvalue weighted by Crippen LogP contribution is -2.40. The summed E-state index contributed by atoms with van der Waals surface area (Å²) in [6, 6.07) is 13.7. The molecule has 39 heavy (non-hydrogen) atoms. The smallest absolute Gasteiger partial charge is 0.246 e. The Kier molecular flexibility index (Phi) is 7.68. The molecule has 0 aliphatic carbocycles. The lowest BCUT2D eigenvalue weighted by atomic mass is 10.1. The number of halogens is 1. The lowest BCUT2D eigenvalue weighted by Gasteiger charge is -2.32. The van der Waals surface area contributed by atoms with Gasteiger partial charge in [0, 0.05) is 31.3 Å². The van der Waals surface area contributed by atoms with E-state index in [9.17, 15) is 9.18 Å². The van der Waals surface area contributed by atoms with Gasteiger partial charge in [-0.05, 0) is 30.4 Å². The quantitative estimate of drug-likeness (QED) is 0.287. The van der Waals surface area contributed by atoms with Crippen LogP contribution in [0.3, 0.4) is 0 Å². The standard InChI is InChI=1S/C29H27FN6O3/c1-2-26(37)35-12-6-10-22(17-35)36-29-27(28(31)32-19-33-29)25(34-36)11-7-13-38-23-14-21(30)15-24(16-23)39-18-20-8-4-3-5-9-20/h2-5,8-9,14-16,19,22H,1,6,10,12-13,17-18H2,(H2,31,32,33). The molecule has 4 aromatic rings. The van der Waals surface area contributed by atoms with Gasteiger partial charge in [0.25, 0.3) is 0 Å². The van der Waals surface area contributed by atoms with E-state index in [2.05, 4.69) is 33.5 Å². The maximum Gasteiger partial charge on any atom is 0.246 e. The lowest BCUT2D eigenvalue weighted by molar-refractivity contribution is -0.127. The molecule has 1 unspecified atom stereocenters. The minimum absolute atomic E-state index is 0.0193. The number of ether oxygens (including phenoxy) is 2. The predicted molar refractivity (Wildman–Crippen MR) is 144 cm³/mol. The number of rotatable bonds is 7. The van der Waals surface area contributed by atoms with Crippen LogP contribution in [-0.2, 0) is 11.4 Å². The van der Waals surface area contributed by atoms with Crippen molar-refractivity contribution in [3.8, 4) is 23.3 Å². The first-order valence-corrected chi connectivity index (χ1v) is 12.5. The molecule has 2 aromatic heterocycles. The molecule has 9 nitrogen and oxygen atoms in total. The summed E-state index contributed by atoms with van der Waals surface area (Å²) in [6.07, 6.45) is 4.35. The first-order valence-electron chi connectivity index (χ1n) is 12.5. The van der Waals surface area contributed by atoms with Crippen LogP contribution in [0, 0.1) is 17.7 Å². The Bertz CT molecular complexity index is 1560. The molecule has 2 N–H and O–H groups in total. The van der Waals surface area contributed by atoms with Gasteiger partial charge in [0.15, 0.2) is 5.65 Å². The summed E-state index contributed by atoms with van der Waals surface area (Å²) in [7, 11) is 0. The fourth-order valence-corrected chi connectivity index (χ4v) is 4.50. The zero-order valence-corrected chi connectivity index (χ0v) is 21.2. The molecule has 1 atom stereocenters. The highest BCUT2D eigenvalue weighted by Gasteiger charge is 2.27. The van der Waals surface area contributed by atoms with E-state index < -0.39 is 5.82 Å². The molecular weight excluding hydrogens is 499 g/mol. The molecule has 0 spiro atoms. The number of carbonyl (C=O) groups excluding carboxylic acids is 1. The van der Waals surface area contributed by atoms with Crippen molar-refractivity contribution in [3.63, 3.8) is 0 Å². The van der Waals surface area contributed by atoms with Crippen molar-refractivity contribution >= 4 is 22.8 Å². The van der Waals surface area contributed by atoms with Crippen molar-refractivity contribution in [2.75, 3.05) is 25.4 Å². The average Bonchev–Trinajstić information content (AvgIpc) is 3.34. The van der Waals surface area contributed by atoms with E-state index in [0.29, 0.717) is 47.9 Å². The zero-order valence-electron chi connectivity index (χ0n) is 21.2. The summed E-state index contributed by atoms with van der Waals surface area (Å²) < 4.78 is 27.3. The van der Waals surface area contributed by atoms with Gasteiger partial charge in [-0.1, -0.05) is 42.8 Å². The molecule has 0 saturated carbocycles. The third-order valence-electron chi connectivity index (χ3n) is 6.36. The summed E-state index contributed by atoms with van der Waals surface area (Å²) in [6.45, 7) is 5.02. The third-order valence-corrected chi connectivity index (χ3v) is 6.36. The number of hydrogen-bond acceptors (Lipinski definition) is 7. The Morgan fingerprint density at radius 2 is 1.97 bits per heavy atom. The van der Waals surface area contributed by atoms with Crippen LogP contribution in [0.5, 0.6) is 11.5 Å². The molecule has 1 saturated heterocycles. The molecule has 1 fully saturated rings. The maximum absolute atomic E-state index is 14.2. The number of amides is 1. The van der Waals surface area contributed by atoms with Crippen molar-refractivity contribution in [1.82, 2.24) is 24.6 Å². The Hall–Kier alpha value is -4.91. The van der Waals surface area contributed by atoms with Gasteiger partial charge in [-0.3, -0.25) is 4.79 Å². The van der Waals surface area contributed by atoms with Gasteiger partial charge in [-0.15, -0.1) is 0 Å². The molecule has 3 heterocycles. The second kappa shape index (κ2) is 11.6. The van der Waals surface area contributed by atoms with Crippen molar-refractivity contribution in [1.29, 1.82) is 0 Å². The van der Waals surface area contributed by atoms with Crippen LogP contribution in [0.4, 0.5) is 10.2 Å². The first kappa shape index (κ1) is 25.7. The van der Waals surface area contributed by atoms with Crippen LogP contribution in [0.1, 0.15) is 30.1 Å². The van der Waals surface area contributed by atoms with Gasteiger partial charge in [0.1, 0.15) is 48.4 Å². The van der Waals surface area contributed by atoms with Crippen molar-refractivity contribution < 1.29 is 18.7 Å². The fraction of sp³-hybridized carbons (Fsp3) is 0.241. The fourth-order valence-electron chi connectivity index (χ4n) is 4.50. The minimum atomic E-state index is -0.477. The number of nitrogens with two attached hydrogens (primary N) is 1. The summed E-state index contributed by atoms with van der Waals surface area (Å²) in [4.78, 5) is 22.4. The third kappa shape index (κ3) is 5.99. The van der Waals surface area contributed by atoms with E-state index >= 15 is 0 Å². The van der Waals surface area contributed by atoms with E-state index in [1.807, 2.05) is 30.3 Å². The number of aromatic nitrogens is 4. The maximum atomic E-state index is 14.2. The van der Waals surface area contributed by atoms with Gasteiger partial charge < -0.3 is 20.1 Å². The van der Waals surface area contributed by atoms with E-state index in [1.165, 1.54) is 24.5 Å². The number of anilines is 1. The number of likely N-dealkylation sites (tertiary alicyclic amines) is 1. The van der Waals surface area contributed by atoms with Crippen molar-refractivity contribution in [3.05, 3.63) is 84.6 Å². The van der Waals surface area contributed by atoms with Crippen LogP contribution < -0.4 is 15.2 Å². The van der Waals surface area contributed by atoms with Crippen LogP contribution in [0.15, 0.2) is 67.5 Å². The molecular formula is C29H27FN6O3. The molecule has 1 aliphatic heterocycles. The number of carbonyl (C=O) groups is 1. The molecule has 1 aliphatic rings. The first-order chi connectivity index (χ1) is 19.0. The normalized spacial score (nSPS) is 14.9. The van der Waals surface area contributed by atoms with E-state index in [1.54, 1.807) is 15.6 Å². The SMILES string of the molecule is C=CC(=O)N1CCCC(n2nc(C#CCOc3cc(F)cc(OCc4ccccc4)c3)c3c(N)ncnc32)C1. The Morgan fingerprint density at radius 1 is 1.18 bits per heavy atom. The Labute approximate surface area is 225 Å². The summed E-state index contributed by atoms with van der Waals surface area (Å²) in [5, 5.41) is 5.22. The van der Waals surface area contributed by atoms with E-state index in [0.717, 1.165) is 18.4 Å². The van der Waals surface area contributed by atoms with Gasteiger partial charge in [0.05, 0.1) is 11.4 Å². The van der Waals surface area contributed by atoms with Crippen molar-refractivity contribution in [2.24, 2.45) is 0 Å². The Morgan fingerprint density at radius 3 is 2.77 bits per heavy atom. The number of nitrogen functional groups attached to an aromatic ring is 1. The highest BCUT2D eigenvalue weighted by Crippen LogP contribution is 2.28. The highest BCUT2D eigenvalue weighted by molar-refractivity contribution is 5.90. The van der Waals surface area contributed by atoms with Crippen molar-refractivity contribution in [2.45, 2.75) is 25.5 Å². The number of piperidine rings is 1. The van der Waals surface area contributed by atoms with Gasteiger partial charge in [-0.2, -0.15) is 5.10 Å². The largest absolute Gasteiger partial charge is 0.489 e. The minimum Gasteiger partial charge on any atom is -0.489 e. The molecule has 0 radical (unpaired) electrons. The highest BCUT2D eigenvalue weighted by atomic mass is 19.1. The van der Waals surface area contributed by atoms with Gasteiger partial charge >= 0.3 is 0 Å². The van der Waals surface area contributed by atoms with Crippen LogP contribution in [0.25, 0.3) is 11.0 Å². The monoisotopic (exact) mass is 526 g/mol. The van der Waals surface area contributed by atoms with Gasteiger partial charge in [-0.25, -0.2) is 19.0 Å². The molecule has 2 aromatic carbocycles. The average molecular weight is 527 g/mol. The number of nitrogens with zero attached hydrogens (tertiary/aromatic N) is 5. The molecule has 10 heteroatoms. The second-order valence-electron chi connectivity index (χ2n) is 9.02. The van der Waals surface area contributed by atoms with Gasteiger partial charge in [0.2, 0.25) is 5.91 Å². The summed E-state index contributed by atoms with van der Waals surface area (Å²) >= 11 is 0.